The lowest BCUT2D eigenvalue weighted by molar-refractivity contribution is 0.506. The summed E-state index contributed by atoms with van der Waals surface area (Å²) in [4.78, 5) is 0. The van der Waals surface area contributed by atoms with E-state index in [1.165, 1.54) is 0 Å². The van der Waals surface area contributed by atoms with Gasteiger partial charge in [0, 0.05) is 4.47 Å². The number of nitrogens with two attached hydrogens (primary N) is 1. The first kappa shape index (κ1) is 12.0. The van der Waals surface area contributed by atoms with E-state index in [9.17, 15) is 0 Å². The van der Waals surface area contributed by atoms with Gasteiger partial charge in [-0.05, 0) is 45.9 Å². The number of benzene rings is 1. The van der Waals surface area contributed by atoms with Crippen molar-refractivity contribution < 1.29 is 0 Å². The molecule has 0 aliphatic rings. The third kappa shape index (κ3) is 2.50. The second kappa shape index (κ2) is 5.15. The first-order valence-electron chi connectivity index (χ1n) is 4.72. The fourth-order valence-electron chi connectivity index (χ4n) is 1.57. The average molecular weight is 277 g/mol. The molecule has 0 saturated heterocycles. The van der Waals surface area contributed by atoms with Crippen LogP contribution in [0.1, 0.15) is 25.3 Å². The van der Waals surface area contributed by atoms with Gasteiger partial charge in [-0.15, -0.1) is 0 Å². The van der Waals surface area contributed by atoms with Gasteiger partial charge in [-0.2, -0.15) is 0 Å². The highest BCUT2D eigenvalue weighted by atomic mass is 79.9. The summed E-state index contributed by atoms with van der Waals surface area (Å²) in [7, 11) is 0. The van der Waals surface area contributed by atoms with E-state index in [0.29, 0.717) is 18.4 Å². The van der Waals surface area contributed by atoms with Crippen molar-refractivity contribution in [3.05, 3.63) is 33.3 Å². The summed E-state index contributed by atoms with van der Waals surface area (Å²) in [5.41, 5.74) is 6.89. The Morgan fingerprint density at radius 1 is 1.43 bits per heavy atom. The molecule has 78 valence electrons. The molecule has 2 N–H and O–H groups in total. The van der Waals surface area contributed by atoms with Crippen molar-refractivity contribution in [3.63, 3.8) is 0 Å². The first-order valence-corrected chi connectivity index (χ1v) is 5.89. The molecule has 1 rings (SSSR count). The van der Waals surface area contributed by atoms with Crippen molar-refractivity contribution in [2.24, 2.45) is 11.7 Å². The minimum Gasteiger partial charge on any atom is -0.330 e. The van der Waals surface area contributed by atoms with E-state index in [-0.39, 0.29) is 0 Å². The van der Waals surface area contributed by atoms with Gasteiger partial charge in [0.15, 0.2) is 0 Å². The number of rotatable bonds is 3. The Labute approximate surface area is 98.8 Å². The van der Waals surface area contributed by atoms with Gasteiger partial charge in [-0.3, -0.25) is 0 Å². The molecular weight excluding hydrogens is 261 g/mol. The minimum atomic E-state index is 0.333. The van der Waals surface area contributed by atoms with E-state index in [0.717, 1.165) is 15.1 Å². The zero-order valence-electron chi connectivity index (χ0n) is 8.43. The molecule has 0 fully saturated rings. The maximum absolute atomic E-state index is 6.21. The van der Waals surface area contributed by atoms with E-state index in [2.05, 4.69) is 29.8 Å². The predicted molar refractivity (Wildman–Crippen MR) is 65.8 cm³/mol. The molecule has 3 heteroatoms. The van der Waals surface area contributed by atoms with Gasteiger partial charge in [0.2, 0.25) is 0 Å². The van der Waals surface area contributed by atoms with Crippen molar-refractivity contribution in [1.82, 2.24) is 0 Å². The molecule has 0 aliphatic carbocycles. The molecule has 1 aromatic carbocycles. The van der Waals surface area contributed by atoms with Crippen molar-refractivity contribution in [2.75, 3.05) is 6.54 Å². The summed E-state index contributed by atoms with van der Waals surface area (Å²) in [5.74, 6) is 0.840. The third-order valence-corrected chi connectivity index (χ3v) is 3.75. The Kier molecular flexibility index (Phi) is 4.42. The van der Waals surface area contributed by atoms with Crippen LogP contribution in [0.2, 0.25) is 5.02 Å². The smallest absolute Gasteiger partial charge is 0.0583 e. The van der Waals surface area contributed by atoms with Crippen LogP contribution < -0.4 is 5.73 Å². The van der Waals surface area contributed by atoms with E-state index < -0.39 is 0 Å². The van der Waals surface area contributed by atoms with Crippen LogP contribution in [0.4, 0.5) is 0 Å². The fraction of sp³-hybridized carbons (Fsp3) is 0.455. The lowest BCUT2D eigenvalue weighted by Gasteiger charge is -2.20. The lowest BCUT2D eigenvalue weighted by Crippen LogP contribution is -2.18. The van der Waals surface area contributed by atoms with E-state index in [1.54, 1.807) is 0 Å². The second-order valence-corrected chi connectivity index (χ2v) is 4.96. The molecule has 0 radical (unpaired) electrons. The fourth-order valence-corrected chi connectivity index (χ4v) is 2.21. The topological polar surface area (TPSA) is 26.0 Å². The Morgan fingerprint density at radius 3 is 2.57 bits per heavy atom. The highest BCUT2D eigenvalue weighted by Crippen LogP contribution is 2.34. The standard InChI is InChI=1S/C11H15BrClN/c1-7(2)9(6-14)8-4-3-5-10(12)11(8)13/h3-5,7,9H,6,14H2,1-2H3. The molecule has 1 atom stereocenters. The van der Waals surface area contributed by atoms with Crippen molar-refractivity contribution >= 4 is 27.5 Å². The minimum absolute atomic E-state index is 0.333. The quantitative estimate of drug-likeness (QED) is 0.893. The van der Waals surface area contributed by atoms with Crippen LogP contribution in [0.5, 0.6) is 0 Å². The van der Waals surface area contributed by atoms with E-state index >= 15 is 0 Å². The van der Waals surface area contributed by atoms with Crippen molar-refractivity contribution in [2.45, 2.75) is 19.8 Å². The van der Waals surface area contributed by atoms with E-state index in [4.69, 9.17) is 17.3 Å². The van der Waals surface area contributed by atoms with Crippen molar-refractivity contribution in [3.8, 4) is 0 Å². The zero-order valence-corrected chi connectivity index (χ0v) is 10.8. The summed E-state index contributed by atoms with van der Waals surface area (Å²) in [6, 6.07) is 5.99. The third-order valence-electron chi connectivity index (χ3n) is 2.44. The Bertz CT molecular complexity index is 312. The molecule has 0 bridgehead atoms. The number of hydrogen-bond donors (Lipinski definition) is 1. The molecule has 0 heterocycles. The van der Waals surface area contributed by atoms with Gasteiger partial charge in [-0.1, -0.05) is 37.6 Å². The Balaban J connectivity index is 3.10. The van der Waals surface area contributed by atoms with Gasteiger partial charge in [0.25, 0.3) is 0 Å². The summed E-state index contributed by atoms with van der Waals surface area (Å²) in [6.45, 7) is 4.96. The Morgan fingerprint density at radius 2 is 2.07 bits per heavy atom. The van der Waals surface area contributed by atoms with Crippen LogP contribution in [0, 0.1) is 5.92 Å². The lowest BCUT2D eigenvalue weighted by atomic mass is 9.88. The second-order valence-electron chi connectivity index (χ2n) is 3.73. The highest BCUT2D eigenvalue weighted by molar-refractivity contribution is 9.10. The molecule has 0 aromatic heterocycles. The maximum Gasteiger partial charge on any atom is 0.0583 e. The van der Waals surface area contributed by atoms with Crippen LogP contribution >= 0.6 is 27.5 Å². The Hall–Kier alpha value is -0.0500. The molecule has 0 saturated carbocycles. The van der Waals surface area contributed by atoms with Gasteiger partial charge >= 0.3 is 0 Å². The zero-order chi connectivity index (χ0) is 10.7. The van der Waals surface area contributed by atoms with Crippen LogP contribution in [0.25, 0.3) is 0 Å². The largest absolute Gasteiger partial charge is 0.330 e. The highest BCUT2D eigenvalue weighted by Gasteiger charge is 2.17. The monoisotopic (exact) mass is 275 g/mol. The predicted octanol–water partition coefficient (Wildman–Crippen LogP) is 3.80. The summed E-state index contributed by atoms with van der Waals surface area (Å²) in [6.07, 6.45) is 0. The molecule has 1 unspecified atom stereocenters. The van der Waals surface area contributed by atoms with Gasteiger partial charge in [0.05, 0.1) is 5.02 Å². The maximum atomic E-state index is 6.21. The molecule has 1 aromatic rings. The molecule has 14 heavy (non-hydrogen) atoms. The summed E-state index contributed by atoms with van der Waals surface area (Å²) >= 11 is 9.63. The summed E-state index contributed by atoms with van der Waals surface area (Å²) in [5, 5.41) is 0.789. The van der Waals surface area contributed by atoms with Crippen LogP contribution in [-0.2, 0) is 0 Å². The van der Waals surface area contributed by atoms with Gasteiger partial charge < -0.3 is 5.73 Å². The van der Waals surface area contributed by atoms with Gasteiger partial charge in [-0.25, -0.2) is 0 Å². The van der Waals surface area contributed by atoms with E-state index in [1.807, 2.05) is 18.2 Å². The molecule has 0 amide bonds. The van der Waals surface area contributed by atoms with Crippen molar-refractivity contribution in [1.29, 1.82) is 0 Å². The normalized spacial score (nSPS) is 13.3. The van der Waals surface area contributed by atoms with Gasteiger partial charge in [0.1, 0.15) is 0 Å². The number of hydrogen-bond acceptors (Lipinski definition) is 1. The SMILES string of the molecule is CC(C)C(CN)c1cccc(Br)c1Cl. The van der Waals surface area contributed by atoms with Crippen LogP contribution in [-0.4, -0.2) is 6.54 Å². The average Bonchev–Trinajstić information content (AvgIpc) is 2.13. The first-order chi connectivity index (χ1) is 6.57. The molecule has 0 spiro atoms. The van der Waals surface area contributed by atoms with Crippen LogP contribution in [0.15, 0.2) is 22.7 Å². The molecule has 1 nitrogen and oxygen atoms in total. The summed E-state index contributed by atoms with van der Waals surface area (Å²) < 4.78 is 0.941. The molecule has 0 aliphatic heterocycles. The number of halogens is 2. The van der Waals surface area contributed by atoms with Crippen LogP contribution in [0.3, 0.4) is 0 Å². The molecular formula is C11H15BrClN.